The average molecular weight is 492 g/mol. The van der Waals surface area contributed by atoms with E-state index in [1.165, 1.54) is 17.4 Å². The third-order valence-corrected chi connectivity index (χ3v) is 6.33. The Hall–Kier alpha value is -3.53. The van der Waals surface area contributed by atoms with Crippen molar-refractivity contribution in [3.8, 4) is 0 Å². The summed E-state index contributed by atoms with van der Waals surface area (Å²) in [4.78, 5) is 24.2. The number of hydrogen-bond acceptors (Lipinski definition) is 8. The molecule has 0 saturated carbocycles. The van der Waals surface area contributed by atoms with Crippen LogP contribution < -0.4 is 21.0 Å². The highest BCUT2D eigenvalue weighted by molar-refractivity contribution is 6.31. The lowest BCUT2D eigenvalue weighted by Crippen LogP contribution is -2.37. The number of nitrogens with zero attached hydrogens (tertiary/aromatic N) is 4. The first-order chi connectivity index (χ1) is 17.1. The van der Waals surface area contributed by atoms with Crippen LogP contribution in [-0.2, 0) is 17.7 Å². The van der Waals surface area contributed by atoms with Crippen LogP contribution in [0.1, 0.15) is 16.8 Å². The first kappa shape index (κ1) is 23.2. The van der Waals surface area contributed by atoms with Crippen molar-refractivity contribution in [1.82, 2.24) is 25.5 Å². The first-order valence-electron chi connectivity index (χ1n) is 11.5. The second-order valence-corrected chi connectivity index (χ2v) is 8.73. The molecule has 0 amide bonds. The number of hydrogen-bond donors (Lipinski definition) is 3. The number of aromatic amines is 1. The minimum atomic E-state index is -0.212. The van der Waals surface area contributed by atoms with Crippen molar-refractivity contribution in [3.63, 3.8) is 0 Å². The second-order valence-electron chi connectivity index (χ2n) is 8.32. The molecule has 0 atom stereocenters. The van der Waals surface area contributed by atoms with Gasteiger partial charge in [-0.25, -0.2) is 4.98 Å². The maximum Gasteiger partial charge on any atom is 0.229 e. The van der Waals surface area contributed by atoms with Gasteiger partial charge >= 0.3 is 0 Å². The number of nitrogens with one attached hydrogen (secondary N) is 3. The largest absolute Gasteiger partial charge is 0.378 e. The van der Waals surface area contributed by atoms with E-state index in [1.54, 1.807) is 6.07 Å². The molecule has 4 aromatic rings. The van der Waals surface area contributed by atoms with E-state index in [0.29, 0.717) is 34.1 Å². The van der Waals surface area contributed by atoms with E-state index in [2.05, 4.69) is 47.8 Å². The Morgan fingerprint density at radius 3 is 2.77 bits per heavy atom. The van der Waals surface area contributed by atoms with Gasteiger partial charge in [-0.15, -0.1) is 0 Å². The number of H-pyrrole nitrogens is 1. The van der Waals surface area contributed by atoms with Gasteiger partial charge in [0.2, 0.25) is 11.4 Å². The Balaban J connectivity index is 1.39. The fraction of sp³-hybridized carbons (Fsp3) is 0.280. The summed E-state index contributed by atoms with van der Waals surface area (Å²) in [6.45, 7) is 3.94. The number of morpholine rings is 1. The van der Waals surface area contributed by atoms with Gasteiger partial charge in [-0.1, -0.05) is 29.8 Å². The second kappa shape index (κ2) is 10.4. The molecule has 1 aliphatic heterocycles. The summed E-state index contributed by atoms with van der Waals surface area (Å²) in [5.74, 6) is 0.378. The molecule has 0 unspecified atom stereocenters. The van der Waals surface area contributed by atoms with Crippen molar-refractivity contribution >= 4 is 40.0 Å². The number of aromatic nitrogens is 4. The van der Waals surface area contributed by atoms with E-state index in [9.17, 15) is 4.79 Å². The lowest BCUT2D eigenvalue weighted by molar-refractivity contribution is 0.122. The SMILES string of the molecule is CNCc1cc(Nc2ncc3c(=O)c(Cc4ccccc4Cl)n[nH]c3n2)ccc1N1CCOCC1. The molecule has 0 bridgehead atoms. The molecule has 0 radical (unpaired) electrons. The van der Waals surface area contributed by atoms with Crippen LogP contribution in [-0.4, -0.2) is 53.5 Å². The van der Waals surface area contributed by atoms with Crippen LogP contribution in [0, 0.1) is 0 Å². The molecular weight excluding hydrogens is 466 g/mol. The molecule has 2 aromatic carbocycles. The van der Waals surface area contributed by atoms with Crippen LogP contribution in [0.15, 0.2) is 53.5 Å². The number of ether oxygens (including phenoxy) is 1. The molecule has 1 saturated heterocycles. The van der Waals surface area contributed by atoms with Gasteiger partial charge in [-0.2, -0.15) is 10.1 Å². The third kappa shape index (κ3) is 5.12. The van der Waals surface area contributed by atoms with E-state index in [-0.39, 0.29) is 5.43 Å². The molecule has 3 heterocycles. The monoisotopic (exact) mass is 491 g/mol. The minimum absolute atomic E-state index is 0.212. The molecule has 0 aliphatic carbocycles. The van der Waals surface area contributed by atoms with Crippen LogP contribution in [0.5, 0.6) is 0 Å². The van der Waals surface area contributed by atoms with E-state index >= 15 is 0 Å². The van der Waals surface area contributed by atoms with Crippen molar-refractivity contribution in [2.75, 3.05) is 43.6 Å². The molecular formula is C25H26ClN7O2. The molecule has 3 N–H and O–H groups in total. The molecule has 5 rings (SSSR count). The number of rotatable bonds is 7. The summed E-state index contributed by atoms with van der Waals surface area (Å²) in [5, 5.41) is 14.6. The van der Waals surface area contributed by atoms with Crippen molar-refractivity contribution in [1.29, 1.82) is 0 Å². The Kier molecular flexibility index (Phi) is 6.89. The zero-order valence-electron chi connectivity index (χ0n) is 19.3. The highest BCUT2D eigenvalue weighted by Crippen LogP contribution is 2.26. The Bertz CT molecular complexity index is 1400. The predicted octanol–water partition coefficient (Wildman–Crippen LogP) is 3.26. The minimum Gasteiger partial charge on any atom is -0.378 e. The van der Waals surface area contributed by atoms with E-state index < -0.39 is 0 Å². The third-order valence-electron chi connectivity index (χ3n) is 5.96. The van der Waals surface area contributed by atoms with Gasteiger partial charge in [0, 0.05) is 48.6 Å². The van der Waals surface area contributed by atoms with Crippen LogP contribution >= 0.6 is 11.6 Å². The quantitative estimate of drug-likeness (QED) is 0.361. The molecule has 2 aromatic heterocycles. The fourth-order valence-corrected chi connectivity index (χ4v) is 4.40. The maximum atomic E-state index is 13.0. The summed E-state index contributed by atoms with van der Waals surface area (Å²) in [5.41, 5.74) is 4.57. The van der Waals surface area contributed by atoms with E-state index in [0.717, 1.165) is 44.1 Å². The van der Waals surface area contributed by atoms with Crippen LogP contribution in [0.3, 0.4) is 0 Å². The van der Waals surface area contributed by atoms with Gasteiger partial charge in [0.05, 0.1) is 18.6 Å². The van der Waals surface area contributed by atoms with Crippen LogP contribution in [0.4, 0.5) is 17.3 Å². The molecule has 1 aliphatic rings. The van der Waals surface area contributed by atoms with E-state index in [4.69, 9.17) is 16.3 Å². The standard InChI is InChI=1S/C25H26ClN7O2/c1-27-14-17-12-18(6-7-22(17)33-8-10-35-11-9-33)29-25-28-15-19-23(34)21(31-32-24(19)30-25)13-16-4-2-3-5-20(16)26/h2-7,12,15,27H,8-11,13-14H2,1H3,(H2,28,29,30,32,34). The summed E-state index contributed by atoms with van der Waals surface area (Å²) in [6.07, 6.45) is 1.85. The Morgan fingerprint density at radius 1 is 1.14 bits per heavy atom. The molecule has 0 spiro atoms. The normalized spacial score (nSPS) is 13.8. The number of anilines is 3. The average Bonchev–Trinajstić information content (AvgIpc) is 2.88. The molecule has 9 nitrogen and oxygen atoms in total. The number of halogens is 1. The fourth-order valence-electron chi connectivity index (χ4n) is 4.20. The summed E-state index contributed by atoms with van der Waals surface area (Å²) >= 11 is 6.24. The summed E-state index contributed by atoms with van der Waals surface area (Å²) < 4.78 is 5.49. The summed E-state index contributed by atoms with van der Waals surface area (Å²) in [6, 6.07) is 13.6. The zero-order valence-corrected chi connectivity index (χ0v) is 20.1. The van der Waals surface area contributed by atoms with Gasteiger partial charge in [-0.05, 0) is 42.4 Å². The maximum absolute atomic E-state index is 13.0. The van der Waals surface area contributed by atoms with Crippen LogP contribution in [0.25, 0.3) is 11.0 Å². The van der Waals surface area contributed by atoms with Gasteiger partial charge < -0.3 is 20.3 Å². The van der Waals surface area contributed by atoms with Crippen molar-refractivity contribution in [2.45, 2.75) is 13.0 Å². The number of fused-ring (bicyclic) bond motifs is 1. The molecule has 180 valence electrons. The lowest BCUT2D eigenvalue weighted by atomic mass is 10.1. The molecule has 1 fully saturated rings. The van der Waals surface area contributed by atoms with Gasteiger partial charge in [0.25, 0.3) is 0 Å². The lowest BCUT2D eigenvalue weighted by Gasteiger charge is -2.31. The topological polar surface area (TPSA) is 108 Å². The zero-order chi connectivity index (χ0) is 24.2. The van der Waals surface area contributed by atoms with Gasteiger partial charge in [0.1, 0.15) is 5.69 Å². The van der Waals surface area contributed by atoms with Crippen molar-refractivity contribution in [3.05, 3.63) is 80.7 Å². The Morgan fingerprint density at radius 2 is 1.97 bits per heavy atom. The van der Waals surface area contributed by atoms with Gasteiger partial charge in [0.15, 0.2) is 5.65 Å². The van der Waals surface area contributed by atoms with Crippen LogP contribution in [0.2, 0.25) is 5.02 Å². The smallest absolute Gasteiger partial charge is 0.229 e. The molecule has 10 heteroatoms. The highest BCUT2D eigenvalue weighted by atomic mass is 35.5. The number of benzene rings is 2. The van der Waals surface area contributed by atoms with Gasteiger partial charge in [-0.3, -0.25) is 9.89 Å². The summed E-state index contributed by atoms with van der Waals surface area (Å²) in [7, 11) is 1.93. The van der Waals surface area contributed by atoms with Crippen molar-refractivity contribution in [2.24, 2.45) is 0 Å². The predicted molar refractivity (Wildman–Crippen MR) is 138 cm³/mol. The van der Waals surface area contributed by atoms with Crippen molar-refractivity contribution < 1.29 is 4.74 Å². The van der Waals surface area contributed by atoms with E-state index in [1.807, 2.05) is 31.3 Å². The molecule has 35 heavy (non-hydrogen) atoms. The highest BCUT2D eigenvalue weighted by Gasteiger charge is 2.16. The Labute approximate surface area is 207 Å². The first-order valence-corrected chi connectivity index (χ1v) is 11.8.